The van der Waals surface area contributed by atoms with Crippen LogP contribution in [0.25, 0.3) is 0 Å². The molecule has 2 rings (SSSR count). The number of rotatable bonds is 5. The van der Waals surface area contributed by atoms with E-state index in [-0.39, 0.29) is 11.6 Å². The van der Waals surface area contributed by atoms with Crippen molar-refractivity contribution in [2.75, 3.05) is 24.3 Å². The van der Waals surface area contributed by atoms with E-state index in [9.17, 15) is 14.9 Å². The number of hydrogen-bond donors (Lipinski definition) is 1. The average Bonchev–Trinajstić information content (AvgIpc) is 2.54. The minimum Gasteiger partial charge on any atom is -0.362 e. The first-order valence-electron chi connectivity index (χ1n) is 7.15. The first kappa shape index (κ1) is 16.4. The van der Waals surface area contributed by atoms with Gasteiger partial charge in [-0.25, -0.2) is 4.98 Å². The standard InChI is InChI=1S/C16H18N4O3/c1-4-11-7-8-12(10-14(11)20(22)23)18-16(21)13-6-5-9-17-15(13)19(2)3/h5-10H,4H2,1-3H3,(H,18,21). The molecule has 7 nitrogen and oxygen atoms in total. The molecule has 120 valence electrons. The first-order chi connectivity index (χ1) is 10.9. The molecule has 0 unspecified atom stereocenters. The van der Waals surface area contributed by atoms with Crippen LogP contribution in [0.15, 0.2) is 36.5 Å². The number of amides is 1. The van der Waals surface area contributed by atoms with Gasteiger partial charge in [-0.3, -0.25) is 14.9 Å². The van der Waals surface area contributed by atoms with Gasteiger partial charge in [0, 0.05) is 37.6 Å². The van der Waals surface area contributed by atoms with Gasteiger partial charge < -0.3 is 10.2 Å². The van der Waals surface area contributed by atoms with E-state index in [1.165, 1.54) is 6.07 Å². The molecular weight excluding hydrogens is 296 g/mol. The summed E-state index contributed by atoms with van der Waals surface area (Å²) in [4.78, 5) is 29.0. The number of benzene rings is 1. The zero-order chi connectivity index (χ0) is 17.0. The minimum absolute atomic E-state index is 0.00400. The Hall–Kier alpha value is -2.96. The zero-order valence-corrected chi connectivity index (χ0v) is 13.2. The van der Waals surface area contributed by atoms with E-state index in [0.29, 0.717) is 29.1 Å². The van der Waals surface area contributed by atoms with Gasteiger partial charge in [0.05, 0.1) is 10.5 Å². The van der Waals surface area contributed by atoms with Gasteiger partial charge in [-0.05, 0) is 24.6 Å². The van der Waals surface area contributed by atoms with Gasteiger partial charge in [-0.1, -0.05) is 13.0 Å². The van der Waals surface area contributed by atoms with E-state index in [1.54, 1.807) is 49.5 Å². The van der Waals surface area contributed by atoms with Crippen molar-refractivity contribution in [3.63, 3.8) is 0 Å². The lowest BCUT2D eigenvalue weighted by Gasteiger charge is -2.15. The molecule has 1 heterocycles. The van der Waals surface area contributed by atoms with E-state index < -0.39 is 4.92 Å². The monoisotopic (exact) mass is 314 g/mol. The number of pyridine rings is 1. The fourth-order valence-corrected chi connectivity index (χ4v) is 2.24. The van der Waals surface area contributed by atoms with Crippen LogP contribution in [0.5, 0.6) is 0 Å². The molecule has 23 heavy (non-hydrogen) atoms. The average molecular weight is 314 g/mol. The number of nitro groups is 1. The molecule has 0 spiro atoms. The highest BCUT2D eigenvalue weighted by Crippen LogP contribution is 2.24. The van der Waals surface area contributed by atoms with Crippen molar-refractivity contribution in [1.29, 1.82) is 0 Å². The van der Waals surface area contributed by atoms with Gasteiger partial charge >= 0.3 is 0 Å². The highest BCUT2D eigenvalue weighted by molar-refractivity contribution is 6.07. The smallest absolute Gasteiger partial charge is 0.274 e. The second-order valence-corrected chi connectivity index (χ2v) is 5.18. The lowest BCUT2D eigenvalue weighted by atomic mass is 10.1. The molecule has 0 saturated heterocycles. The topological polar surface area (TPSA) is 88.4 Å². The Morgan fingerprint density at radius 3 is 2.70 bits per heavy atom. The van der Waals surface area contributed by atoms with Gasteiger partial charge in [0.25, 0.3) is 11.6 Å². The number of carbonyl (C=O) groups excluding carboxylic acids is 1. The number of hydrogen-bond acceptors (Lipinski definition) is 5. The predicted octanol–water partition coefficient (Wildman–Crippen LogP) is 2.87. The Kier molecular flexibility index (Phi) is 4.90. The number of nitro benzene ring substituents is 1. The van der Waals surface area contributed by atoms with Crippen molar-refractivity contribution in [2.24, 2.45) is 0 Å². The highest BCUT2D eigenvalue weighted by atomic mass is 16.6. The van der Waals surface area contributed by atoms with Crippen LogP contribution in [0.4, 0.5) is 17.2 Å². The first-order valence-corrected chi connectivity index (χ1v) is 7.15. The fraction of sp³-hybridized carbons (Fsp3) is 0.250. The maximum atomic E-state index is 12.4. The third-order valence-corrected chi connectivity index (χ3v) is 3.38. The van der Waals surface area contributed by atoms with E-state index >= 15 is 0 Å². The summed E-state index contributed by atoms with van der Waals surface area (Å²) in [5.41, 5.74) is 1.42. The number of aryl methyl sites for hydroxylation is 1. The van der Waals surface area contributed by atoms with E-state index in [0.717, 1.165) is 0 Å². The van der Waals surface area contributed by atoms with Crippen molar-refractivity contribution in [3.8, 4) is 0 Å². The molecule has 7 heteroatoms. The number of anilines is 2. The van der Waals surface area contributed by atoms with Gasteiger partial charge in [0.2, 0.25) is 0 Å². The summed E-state index contributed by atoms with van der Waals surface area (Å²) < 4.78 is 0. The maximum absolute atomic E-state index is 12.4. The quantitative estimate of drug-likeness (QED) is 0.677. The normalized spacial score (nSPS) is 10.2. The van der Waals surface area contributed by atoms with Crippen molar-refractivity contribution in [1.82, 2.24) is 4.98 Å². The summed E-state index contributed by atoms with van der Waals surface area (Å²) in [5, 5.41) is 13.8. The molecule has 0 aliphatic rings. The van der Waals surface area contributed by atoms with Gasteiger partial charge in [0.15, 0.2) is 0 Å². The molecule has 1 N–H and O–H groups in total. The molecule has 2 aromatic rings. The Balaban J connectivity index is 2.31. The zero-order valence-electron chi connectivity index (χ0n) is 13.2. The summed E-state index contributed by atoms with van der Waals surface area (Å²) in [6.45, 7) is 1.85. The summed E-state index contributed by atoms with van der Waals surface area (Å²) in [6.07, 6.45) is 2.16. The van der Waals surface area contributed by atoms with Crippen LogP contribution in [-0.2, 0) is 6.42 Å². The van der Waals surface area contributed by atoms with E-state index in [2.05, 4.69) is 10.3 Å². The van der Waals surface area contributed by atoms with Crippen LogP contribution < -0.4 is 10.2 Å². The van der Waals surface area contributed by atoms with Gasteiger partial charge in [0.1, 0.15) is 5.82 Å². The Morgan fingerprint density at radius 2 is 2.09 bits per heavy atom. The summed E-state index contributed by atoms with van der Waals surface area (Å²) in [6, 6.07) is 8.03. The Bertz CT molecular complexity index is 744. The van der Waals surface area contributed by atoms with Gasteiger partial charge in [-0.2, -0.15) is 0 Å². The highest BCUT2D eigenvalue weighted by Gasteiger charge is 2.17. The van der Waals surface area contributed by atoms with E-state index in [4.69, 9.17) is 0 Å². The summed E-state index contributed by atoms with van der Waals surface area (Å²) in [7, 11) is 3.58. The van der Waals surface area contributed by atoms with Crippen LogP contribution in [0.3, 0.4) is 0 Å². The Morgan fingerprint density at radius 1 is 1.35 bits per heavy atom. The summed E-state index contributed by atoms with van der Waals surface area (Å²) >= 11 is 0. The van der Waals surface area contributed by atoms with Crippen LogP contribution in [-0.4, -0.2) is 29.9 Å². The van der Waals surface area contributed by atoms with Crippen molar-refractivity contribution >= 4 is 23.1 Å². The lowest BCUT2D eigenvalue weighted by Crippen LogP contribution is -2.19. The maximum Gasteiger partial charge on any atom is 0.274 e. The molecular formula is C16H18N4O3. The molecule has 0 aliphatic heterocycles. The van der Waals surface area contributed by atoms with Gasteiger partial charge in [-0.15, -0.1) is 0 Å². The molecule has 1 aromatic heterocycles. The number of nitrogens with one attached hydrogen (secondary N) is 1. The molecule has 0 atom stereocenters. The largest absolute Gasteiger partial charge is 0.362 e. The number of aromatic nitrogens is 1. The lowest BCUT2D eigenvalue weighted by molar-refractivity contribution is -0.385. The number of nitrogens with zero attached hydrogens (tertiary/aromatic N) is 3. The second kappa shape index (κ2) is 6.87. The SMILES string of the molecule is CCc1ccc(NC(=O)c2cccnc2N(C)C)cc1[N+](=O)[O-]. The predicted molar refractivity (Wildman–Crippen MR) is 89.0 cm³/mol. The Labute approximate surface area is 134 Å². The van der Waals surface area contributed by atoms with Crippen molar-refractivity contribution in [3.05, 3.63) is 57.8 Å². The van der Waals surface area contributed by atoms with Crippen LogP contribution in [0, 0.1) is 10.1 Å². The van der Waals surface area contributed by atoms with Crippen LogP contribution in [0.1, 0.15) is 22.8 Å². The minimum atomic E-state index is -0.441. The van der Waals surface area contributed by atoms with Crippen LogP contribution >= 0.6 is 0 Å². The molecule has 1 amide bonds. The summed E-state index contributed by atoms with van der Waals surface area (Å²) in [5.74, 6) is 0.171. The molecule has 1 aromatic carbocycles. The van der Waals surface area contributed by atoms with Crippen molar-refractivity contribution in [2.45, 2.75) is 13.3 Å². The third-order valence-electron chi connectivity index (χ3n) is 3.38. The molecule has 0 saturated carbocycles. The van der Waals surface area contributed by atoms with E-state index in [1.807, 2.05) is 6.92 Å². The second-order valence-electron chi connectivity index (χ2n) is 5.18. The molecule has 0 fully saturated rings. The number of carbonyl (C=O) groups is 1. The molecule has 0 radical (unpaired) electrons. The molecule has 0 bridgehead atoms. The third kappa shape index (κ3) is 3.63. The van der Waals surface area contributed by atoms with Crippen molar-refractivity contribution < 1.29 is 9.72 Å². The fourth-order valence-electron chi connectivity index (χ4n) is 2.24. The van der Waals surface area contributed by atoms with Crippen LogP contribution in [0.2, 0.25) is 0 Å². The molecule has 0 aliphatic carbocycles.